The van der Waals surface area contributed by atoms with Crippen LogP contribution in [0.15, 0.2) is 59.4 Å². The standard InChI is InChI=1S/C21H17N3O5/c1-11(19(26)22-13-7-9-16-17(10-13)24-21(28)23-16)29-20(27)15-8-6-12-4-2-3-5-14(12)18(15)25/h2-11,25H,1H3,(H,22,26)(H2,23,24,28)/t11-/m0/s1. The lowest BCUT2D eigenvalue weighted by molar-refractivity contribution is -0.123. The number of carbonyl (C=O) groups is 2. The first kappa shape index (κ1) is 18.3. The van der Waals surface area contributed by atoms with Crippen LogP contribution < -0.4 is 11.0 Å². The number of H-pyrrole nitrogens is 2. The van der Waals surface area contributed by atoms with Gasteiger partial charge in [0.25, 0.3) is 5.91 Å². The summed E-state index contributed by atoms with van der Waals surface area (Å²) in [4.78, 5) is 41.4. The van der Waals surface area contributed by atoms with Crippen LogP contribution in [0.25, 0.3) is 21.8 Å². The van der Waals surface area contributed by atoms with Gasteiger partial charge in [0.15, 0.2) is 6.10 Å². The van der Waals surface area contributed by atoms with E-state index in [4.69, 9.17) is 4.74 Å². The third kappa shape index (κ3) is 3.55. The molecule has 146 valence electrons. The van der Waals surface area contributed by atoms with E-state index in [-0.39, 0.29) is 17.0 Å². The molecular weight excluding hydrogens is 374 g/mol. The number of fused-ring (bicyclic) bond motifs is 2. The minimum atomic E-state index is -1.10. The van der Waals surface area contributed by atoms with E-state index in [1.807, 2.05) is 12.1 Å². The number of amides is 1. The summed E-state index contributed by atoms with van der Waals surface area (Å²) in [7, 11) is 0. The number of aromatic nitrogens is 2. The number of anilines is 1. The van der Waals surface area contributed by atoms with Crippen molar-refractivity contribution in [1.82, 2.24) is 9.97 Å². The van der Waals surface area contributed by atoms with Gasteiger partial charge >= 0.3 is 11.7 Å². The van der Waals surface area contributed by atoms with Crippen LogP contribution in [0.1, 0.15) is 17.3 Å². The summed E-state index contributed by atoms with van der Waals surface area (Å²) in [6.45, 7) is 1.43. The van der Waals surface area contributed by atoms with Crippen LogP contribution in [-0.4, -0.2) is 33.1 Å². The number of carbonyl (C=O) groups excluding carboxylic acids is 2. The van der Waals surface area contributed by atoms with Gasteiger partial charge in [-0.15, -0.1) is 0 Å². The summed E-state index contributed by atoms with van der Waals surface area (Å²) < 4.78 is 5.22. The Bertz CT molecular complexity index is 1300. The maximum atomic E-state index is 12.4. The Morgan fingerprint density at radius 2 is 1.79 bits per heavy atom. The maximum Gasteiger partial charge on any atom is 0.342 e. The first-order chi connectivity index (χ1) is 13.9. The number of phenolic OH excluding ortho intramolecular Hbond substituents is 1. The zero-order valence-electron chi connectivity index (χ0n) is 15.4. The number of phenols is 1. The molecule has 1 amide bonds. The van der Waals surface area contributed by atoms with E-state index in [0.29, 0.717) is 22.1 Å². The minimum absolute atomic E-state index is 0.0188. The van der Waals surface area contributed by atoms with Crippen molar-refractivity contribution in [3.8, 4) is 5.75 Å². The SMILES string of the molecule is C[C@H](OC(=O)c1ccc2ccccc2c1O)C(=O)Nc1ccc2[nH]c(=O)[nH]c2c1. The lowest BCUT2D eigenvalue weighted by Gasteiger charge is -2.14. The fourth-order valence-electron chi connectivity index (χ4n) is 3.05. The number of esters is 1. The lowest BCUT2D eigenvalue weighted by atomic mass is 10.1. The van der Waals surface area contributed by atoms with Gasteiger partial charge in [0.05, 0.1) is 11.0 Å². The summed E-state index contributed by atoms with van der Waals surface area (Å²) in [6.07, 6.45) is -1.10. The number of ether oxygens (including phenoxy) is 1. The van der Waals surface area contributed by atoms with Gasteiger partial charge < -0.3 is 25.1 Å². The van der Waals surface area contributed by atoms with Crippen molar-refractivity contribution in [2.24, 2.45) is 0 Å². The fourth-order valence-corrected chi connectivity index (χ4v) is 3.05. The summed E-state index contributed by atoms with van der Waals surface area (Å²) in [5, 5.41) is 14.3. The van der Waals surface area contributed by atoms with Gasteiger partial charge in [-0.25, -0.2) is 9.59 Å². The second-order valence-electron chi connectivity index (χ2n) is 6.56. The number of benzene rings is 3. The maximum absolute atomic E-state index is 12.4. The molecule has 1 heterocycles. The Kier molecular flexibility index (Phi) is 4.52. The molecule has 1 atom stereocenters. The largest absolute Gasteiger partial charge is 0.506 e. The molecule has 0 spiro atoms. The first-order valence-corrected chi connectivity index (χ1v) is 8.87. The molecular formula is C21H17N3O5. The quantitative estimate of drug-likeness (QED) is 0.398. The number of hydrogen-bond donors (Lipinski definition) is 4. The number of imidazole rings is 1. The first-order valence-electron chi connectivity index (χ1n) is 8.87. The predicted octanol–water partition coefficient (Wildman–Crippen LogP) is 2.90. The Morgan fingerprint density at radius 1 is 1.03 bits per heavy atom. The van der Waals surface area contributed by atoms with Crippen molar-refractivity contribution in [2.75, 3.05) is 5.32 Å². The third-order valence-electron chi connectivity index (χ3n) is 4.56. The zero-order chi connectivity index (χ0) is 20.5. The molecule has 1 aromatic heterocycles. The topological polar surface area (TPSA) is 124 Å². The van der Waals surface area contributed by atoms with Gasteiger partial charge in [0.2, 0.25) is 0 Å². The van der Waals surface area contributed by atoms with Crippen LogP contribution >= 0.6 is 0 Å². The number of aromatic hydroxyl groups is 1. The number of hydrogen-bond acceptors (Lipinski definition) is 5. The summed E-state index contributed by atoms with van der Waals surface area (Å²) in [5.74, 6) is -1.54. The van der Waals surface area contributed by atoms with Crippen molar-refractivity contribution in [3.63, 3.8) is 0 Å². The molecule has 8 heteroatoms. The number of aromatic amines is 2. The Hall–Kier alpha value is -4.07. The summed E-state index contributed by atoms with van der Waals surface area (Å²) in [5.41, 5.74) is 1.22. The Labute approximate surface area is 164 Å². The average molecular weight is 391 g/mol. The van der Waals surface area contributed by atoms with Crippen molar-refractivity contribution < 1.29 is 19.4 Å². The fraction of sp³-hybridized carbons (Fsp3) is 0.0952. The molecule has 0 saturated heterocycles. The van der Waals surface area contributed by atoms with E-state index in [2.05, 4.69) is 15.3 Å². The van der Waals surface area contributed by atoms with Crippen LogP contribution in [0.4, 0.5) is 5.69 Å². The van der Waals surface area contributed by atoms with Gasteiger partial charge in [-0.1, -0.05) is 30.3 Å². The van der Waals surface area contributed by atoms with Gasteiger partial charge in [0, 0.05) is 11.1 Å². The Morgan fingerprint density at radius 3 is 2.62 bits per heavy atom. The molecule has 0 aliphatic rings. The molecule has 0 unspecified atom stereocenters. The smallest absolute Gasteiger partial charge is 0.342 e. The molecule has 0 aliphatic heterocycles. The van der Waals surface area contributed by atoms with E-state index in [0.717, 1.165) is 5.39 Å². The second-order valence-corrected chi connectivity index (χ2v) is 6.56. The predicted molar refractivity (Wildman–Crippen MR) is 108 cm³/mol. The van der Waals surface area contributed by atoms with Gasteiger partial charge in [-0.3, -0.25) is 4.79 Å². The van der Waals surface area contributed by atoms with Crippen molar-refractivity contribution in [1.29, 1.82) is 0 Å². The van der Waals surface area contributed by atoms with Gasteiger partial charge in [0.1, 0.15) is 11.3 Å². The molecule has 4 N–H and O–H groups in total. The summed E-state index contributed by atoms with van der Waals surface area (Å²) >= 11 is 0. The Balaban J connectivity index is 1.48. The highest BCUT2D eigenvalue weighted by Gasteiger charge is 2.22. The molecule has 4 aromatic rings. The van der Waals surface area contributed by atoms with E-state index in [1.165, 1.54) is 13.0 Å². The number of nitrogens with one attached hydrogen (secondary N) is 3. The van der Waals surface area contributed by atoms with E-state index in [1.54, 1.807) is 36.4 Å². The molecule has 3 aromatic carbocycles. The van der Waals surface area contributed by atoms with E-state index >= 15 is 0 Å². The van der Waals surface area contributed by atoms with Crippen LogP contribution in [0.3, 0.4) is 0 Å². The second kappa shape index (κ2) is 7.16. The highest BCUT2D eigenvalue weighted by molar-refractivity contribution is 6.03. The van der Waals surface area contributed by atoms with Crippen LogP contribution in [0.2, 0.25) is 0 Å². The molecule has 8 nitrogen and oxygen atoms in total. The van der Waals surface area contributed by atoms with E-state index in [9.17, 15) is 19.5 Å². The molecule has 4 rings (SSSR count). The molecule has 0 saturated carbocycles. The minimum Gasteiger partial charge on any atom is -0.506 e. The monoisotopic (exact) mass is 391 g/mol. The van der Waals surface area contributed by atoms with Crippen LogP contribution in [-0.2, 0) is 9.53 Å². The summed E-state index contributed by atoms with van der Waals surface area (Å²) in [6, 6.07) is 15.1. The van der Waals surface area contributed by atoms with Crippen molar-refractivity contribution >= 4 is 39.4 Å². The molecule has 29 heavy (non-hydrogen) atoms. The third-order valence-corrected chi connectivity index (χ3v) is 4.56. The molecule has 0 fully saturated rings. The highest BCUT2D eigenvalue weighted by atomic mass is 16.5. The highest BCUT2D eigenvalue weighted by Crippen LogP contribution is 2.29. The van der Waals surface area contributed by atoms with Crippen LogP contribution in [0, 0.1) is 0 Å². The normalized spacial score (nSPS) is 12.0. The molecule has 0 radical (unpaired) electrons. The van der Waals surface area contributed by atoms with Crippen molar-refractivity contribution in [2.45, 2.75) is 13.0 Å². The molecule has 0 bridgehead atoms. The molecule has 0 aliphatic carbocycles. The average Bonchev–Trinajstić information content (AvgIpc) is 3.07. The van der Waals surface area contributed by atoms with Gasteiger partial charge in [-0.05, 0) is 36.6 Å². The van der Waals surface area contributed by atoms with Crippen molar-refractivity contribution in [3.05, 3.63) is 70.6 Å². The lowest BCUT2D eigenvalue weighted by Crippen LogP contribution is -2.30. The number of rotatable bonds is 4. The van der Waals surface area contributed by atoms with Gasteiger partial charge in [-0.2, -0.15) is 0 Å². The zero-order valence-corrected chi connectivity index (χ0v) is 15.4. The van der Waals surface area contributed by atoms with E-state index < -0.39 is 18.0 Å². The van der Waals surface area contributed by atoms with Crippen LogP contribution in [0.5, 0.6) is 5.75 Å².